The van der Waals surface area contributed by atoms with Crippen LogP contribution in [0.4, 0.5) is 4.39 Å². The zero-order valence-corrected chi connectivity index (χ0v) is 12.3. The SMILES string of the molecule is CCC(N[C@H](CO)Cc1ccccc1)c1ccc(F)cc1. The van der Waals surface area contributed by atoms with Crippen LogP contribution in [0.5, 0.6) is 0 Å². The molecule has 0 fully saturated rings. The summed E-state index contributed by atoms with van der Waals surface area (Å²) in [5, 5.41) is 13.1. The predicted molar refractivity (Wildman–Crippen MR) is 83.6 cm³/mol. The predicted octanol–water partition coefficient (Wildman–Crippen LogP) is 3.47. The molecule has 0 radical (unpaired) electrons. The lowest BCUT2D eigenvalue weighted by Crippen LogP contribution is -2.37. The van der Waals surface area contributed by atoms with Crippen LogP contribution in [-0.2, 0) is 6.42 Å². The molecule has 2 N–H and O–H groups in total. The van der Waals surface area contributed by atoms with Crippen LogP contribution in [0.15, 0.2) is 54.6 Å². The third kappa shape index (κ3) is 4.66. The van der Waals surface area contributed by atoms with E-state index in [9.17, 15) is 9.50 Å². The Morgan fingerprint density at radius 1 is 1.05 bits per heavy atom. The summed E-state index contributed by atoms with van der Waals surface area (Å²) in [7, 11) is 0. The number of halogens is 1. The number of benzene rings is 2. The van der Waals surface area contributed by atoms with Gasteiger partial charge in [0.05, 0.1) is 6.61 Å². The quantitative estimate of drug-likeness (QED) is 0.817. The van der Waals surface area contributed by atoms with Crippen molar-refractivity contribution in [1.82, 2.24) is 5.32 Å². The first kappa shape index (κ1) is 15.7. The van der Waals surface area contributed by atoms with Crippen molar-refractivity contribution in [2.24, 2.45) is 0 Å². The van der Waals surface area contributed by atoms with Gasteiger partial charge in [-0.2, -0.15) is 0 Å². The van der Waals surface area contributed by atoms with Crippen LogP contribution in [0.3, 0.4) is 0 Å². The maximum atomic E-state index is 13.0. The van der Waals surface area contributed by atoms with Crippen molar-refractivity contribution in [3.05, 3.63) is 71.5 Å². The van der Waals surface area contributed by atoms with Crippen LogP contribution in [0.2, 0.25) is 0 Å². The summed E-state index contributed by atoms with van der Waals surface area (Å²) in [5.74, 6) is -0.225. The normalized spacial score (nSPS) is 13.9. The molecule has 21 heavy (non-hydrogen) atoms. The van der Waals surface area contributed by atoms with Gasteiger partial charge in [0.2, 0.25) is 0 Å². The minimum absolute atomic E-state index is 0.0117. The molecule has 0 bridgehead atoms. The summed E-state index contributed by atoms with van der Waals surface area (Å²) in [6.07, 6.45) is 1.66. The molecule has 1 unspecified atom stereocenters. The fourth-order valence-corrected chi connectivity index (χ4v) is 2.50. The van der Waals surface area contributed by atoms with Gasteiger partial charge in [0, 0.05) is 12.1 Å². The van der Waals surface area contributed by atoms with Crippen LogP contribution >= 0.6 is 0 Å². The van der Waals surface area contributed by atoms with Crippen molar-refractivity contribution in [3.8, 4) is 0 Å². The first-order valence-corrected chi connectivity index (χ1v) is 7.39. The maximum absolute atomic E-state index is 13.0. The monoisotopic (exact) mass is 287 g/mol. The van der Waals surface area contributed by atoms with E-state index in [0.717, 1.165) is 18.4 Å². The molecule has 0 amide bonds. The molecule has 2 nitrogen and oxygen atoms in total. The van der Waals surface area contributed by atoms with E-state index in [2.05, 4.69) is 24.4 Å². The van der Waals surface area contributed by atoms with Gasteiger partial charge in [-0.1, -0.05) is 49.4 Å². The summed E-state index contributed by atoms with van der Waals surface area (Å²) < 4.78 is 13.0. The summed E-state index contributed by atoms with van der Waals surface area (Å²) in [4.78, 5) is 0. The molecule has 3 heteroatoms. The molecule has 0 saturated heterocycles. The van der Waals surface area contributed by atoms with Crippen molar-refractivity contribution < 1.29 is 9.50 Å². The third-order valence-corrected chi connectivity index (χ3v) is 3.66. The summed E-state index contributed by atoms with van der Waals surface area (Å²) in [6.45, 7) is 2.16. The fourth-order valence-electron chi connectivity index (χ4n) is 2.50. The van der Waals surface area contributed by atoms with Crippen LogP contribution in [0.1, 0.15) is 30.5 Å². The standard InChI is InChI=1S/C18H22FNO/c1-2-18(15-8-10-16(19)11-9-15)20-17(13-21)12-14-6-4-3-5-7-14/h3-11,17-18,20-21H,2,12-13H2,1H3/t17-,18?/m0/s1. The molecule has 0 aliphatic rings. The van der Waals surface area contributed by atoms with Gasteiger partial charge in [-0.3, -0.25) is 0 Å². The van der Waals surface area contributed by atoms with Gasteiger partial charge in [-0.25, -0.2) is 4.39 Å². The van der Waals surface area contributed by atoms with Crippen LogP contribution in [-0.4, -0.2) is 17.8 Å². The van der Waals surface area contributed by atoms with Gasteiger partial charge in [0.15, 0.2) is 0 Å². The molecule has 0 saturated carbocycles. The number of hydrogen-bond donors (Lipinski definition) is 2. The van der Waals surface area contributed by atoms with Crippen LogP contribution in [0, 0.1) is 5.82 Å². The van der Waals surface area contributed by atoms with Gasteiger partial charge in [-0.05, 0) is 36.1 Å². The average molecular weight is 287 g/mol. The smallest absolute Gasteiger partial charge is 0.123 e. The number of nitrogens with one attached hydrogen (secondary N) is 1. The first-order valence-electron chi connectivity index (χ1n) is 7.39. The summed E-state index contributed by atoms with van der Waals surface area (Å²) >= 11 is 0. The Morgan fingerprint density at radius 3 is 2.29 bits per heavy atom. The molecule has 0 aliphatic heterocycles. The van der Waals surface area contributed by atoms with Crippen molar-refractivity contribution in [2.75, 3.05) is 6.61 Å². The summed E-state index contributed by atoms with van der Waals surface area (Å²) in [6, 6.07) is 16.8. The van der Waals surface area contributed by atoms with Crippen molar-refractivity contribution in [1.29, 1.82) is 0 Å². The molecule has 2 aromatic carbocycles. The zero-order chi connectivity index (χ0) is 15.1. The highest BCUT2D eigenvalue weighted by Crippen LogP contribution is 2.18. The van der Waals surface area contributed by atoms with E-state index in [-0.39, 0.29) is 24.5 Å². The number of hydrogen-bond acceptors (Lipinski definition) is 2. The van der Waals surface area contributed by atoms with Gasteiger partial charge < -0.3 is 10.4 Å². The Hall–Kier alpha value is -1.71. The van der Waals surface area contributed by atoms with E-state index in [0.29, 0.717) is 0 Å². The lowest BCUT2D eigenvalue weighted by molar-refractivity contribution is 0.229. The van der Waals surface area contributed by atoms with Crippen molar-refractivity contribution in [3.63, 3.8) is 0 Å². The molecule has 0 heterocycles. The van der Waals surface area contributed by atoms with Gasteiger partial charge >= 0.3 is 0 Å². The van der Waals surface area contributed by atoms with E-state index in [1.54, 1.807) is 12.1 Å². The minimum atomic E-state index is -0.225. The number of aliphatic hydroxyl groups excluding tert-OH is 1. The van der Waals surface area contributed by atoms with Crippen molar-refractivity contribution in [2.45, 2.75) is 31.8 Å². The molecule has 0 aromatic heterocycles. The molecular weight excluding hydrogens is 265 g/mol. The molecule has 112 valence electrons. The van der Waals surface area contributed by atoms with Gasteiger partial charge in [-0.15, -0.1) is 0 Å². The minimum Gasteiger partial charge on any atom is -0.395 e. The highest BCUT2D eigenvalue weighted by molar-refractivity contribution is 5.21. The second-order valence-corrected chi connectivity index (χ2v) is 5.25. The maximum Gasteiger partial charge on any atom is 0.123 e. The largest absolute Gasteiger partial charge is 0.395 e. The first-order chi connectivity index (χ1) is 10.2. The molecular formula is C18H22FNO. The average Bonchev–Trinajstić information content (AvgIpc) is 2.53. The van der Waals surface area contributed by atoms with E-state index in [1.165, 1.54) is 17.7 Å². The van der Waals surface area contributed by atoms with E-state index < -0.39 is 0 Å². The molecule has 2 aromatic rings. The van der Waals surface area contributed by atoms with E-state index in [1.807, 2.05) is 18.2 Å². The number of rotatable bonds is 7. The second-order valence-electron chi connectivity index (χ2n) is 5.25. The molecule has 0 spiro atoms. The van der Waals surface area contributed by atoms with Gasteiger partial charge in [0.25, 0.3) is 0 Å². The van der Waals surface area contributed by atoms with E-state index >= 15 is 0 Å². The second kappa shape index (κ2) is 7.91. The highest BCUT2D eigenvalue weighted by Gasteiger charge is 2.15. The van der Waals surface area contributed by atoms with Crippen LogP contribution in [0.25, 0.3) is 0 Å². The lowest BCUT2D eigenvalue weighted by Gasteiger charge is -2.24. The number of aliphatic hydroxyl groups is 1. The zero-order valence-electron chi connectivity index (χ0n) is 12.3. The Labute approximate surface area is 125 Å². The summed E-state index contributed by atoms with van der Waals surface area (Å²) in [5.41, 5.74) is 2.24. The van der Waals surface area contributed by atoms with Crippen LogP contribution < -0.4 is 5.32 Å². The van der Waals surface area contributed by atoms with E-state index in [4.69, 9.17) is 0 Å². The third-order valence-electron chi connectivity index (χ3n) is 3.66. The fraction of sp³-hybridized carbons (Fsp3) is 0.333. The topological polar surface area (TPSA) is 32.3 Å². The Morgan fingerprint density at radius 2 is 1.71 bits per heavy atom. The molecule has 2 rings (SSSR count). The Balaban J connectivity index is 2.03. The molecule has 2 atom stereocenters. The molecule has 0 aliphatic carbocycles. The highest BCUT2D eigenvalue weighted by atomic mass is 19.1. The van der Waals surface area contributed by atoms with Crippen molar-refractivity contribution >= 4 is 0 Å². The van der Waals surface area contributed by atoms with Gasteiger partial charge in [0.1, 0.15) is 5.82 Å². The Kier molecular flexibility index (Phi) is 5.90. The lowest BCUT2D eigenvalue weighted by atomic mass is 10.0. The Bertz CT molecular complexity index is 527.